The predicted molar refractivity (Wildman–Crippen MR) is 130 cm³/mol. The standard InChI is InChI=1S/C26H29F4N3O5/c1-15(36-14-16-9-7-6-8-10-16)23-31-33(25(35)32(23)5)19-12-20(37-21(13-27)22(29)30)17(11-18(19)28)24(34)38-26(2,3)4/h6-12,15,21-22H,13-14H2,1-5H3/t15-,21-/m0/s1. The van der Waals surface area contributed by atoms with Crippen molar-refractivity contribution in [1.82, 2.24) is 14.3 Å². The van der Waals surface area contributed by atoms with Crippen LogP contribution < -0.4 is 10.4 Å². The number of carbonyl (C=O) groups is 1. The van der Waals surface area contributed by atoms with Crippen LogP contribution in [0.4, 0.5) is 17.6 Å². The third kappa shape index (κ3) is 6.80. The van der Waals surface area contributed by atoms with Crippen LogP contribution in [-0.2, 0) is 23.1 Å². The Morgan fingerprint density at radius 1 is 1.13 bits per heavy atom. The fourth-order valence-electron chi connectivity index (χ4n) is 3.44. The molecule has 0 radical (unpaired) electrons. The van der Waals surface area contributed by atoms with Crippen LogP contribution in [0, 0.1) is 5.82 Å². The fourth-order valence-corrected chi connectivity index (χ4v) is 3.44. The molecule has 0 bridgehead atoms. The van der Waals surface area contributed by atoms with Crippen LogP contribution in [0.1, 0.15) is 55.5 Å². The lowest BCUT2D eigenvalue weighted by Crippen LogP contribution is -2.30. The first-order chi connectivity index (χ1) is 17.8. The monoisotopic (exact) mass is 539 g/mol. The number of ether oxygens (including phenoxy) is 3. The molecule has 0 saturated heterocycles. The van der Waals surface area contributed by atoms with E-state index in [1.807, 2.05) is 30.3 Å². The average molecular weight is 540 g/mol. The number of carbonyl (C=O) groups excluding carboxylic acids is 1. The normalized spacial score (nSPS) is 13.4. The van der Waals surface area contributed by atoms with Crippen molar-refractivity contribution in [2.45, 2.75) is 58.5 Å². The first-order valence-corrected chi connectivity index (χ1v) is 11.7. The summed E-state index contributed by atoms with van der Waals surface area (Å²) in [5.74, 6) is -2.61. The maximum atomic E-state index is 15.3. The molecule has 1 aromatic heterocycles. The van der Waals surface area contributed by atoms with E-state index in [-0.39, 0.29) is 12.4 Å². The van der Waals surface area contributed by atoms with Crippen LogP contribution in [0.3, 0.4) is 0 Å². The van der Waals surface area contributed by atoms with Gasteiger partial charge in [0, 0.05) is 13.1 Å². The molecule has 0 unspecified atom stereocenters. The lowest BCUT2D eigenvalue weighted by Gasteiger charge is -2.22. The Bertz CT molecular complexity index is 1320. The van der Waals surface area contributed by atoms with Gasteiger partial charge in [-0.3, -0.25) is 4.57 Å². The van der Waals surface area contributed by atoms with Crippen molar-refractivity contribution < 1.29 is 36.6 Å². The number of hydrogen-bond acceptors (Lipinski definition) is 6. The molecule has 0 aliphatic heterocycles. The molecule has 0 spiro atoms. The first-order valence-electron chi connectivity index (χ1n) is 11.7. The van der Waals surface area contributed by atoms with Crippen LogP contribution in [0.15, 0.2) is 47.3 Å². The van der Waals surface area contributed by atoms with Gasteiger partial charge in [-0.25, -0.2) is 27.2 Å². The van der Waals surface area contributed by atoms with Crippen LogP contribution in [-0.4, -0.2) is 45.1 Å². The van der Waals surface area contributed by atoms with E-state index in [0.717, 1.165) is 16.2 Å². The first kappa shape index (κ1) is 28.9. The van der Waals surface area contributed by atoms with E-state index in [0.29, 0.717) is 10.7 Å². The molecule has 0 aliphatic carbocycles. The van der Waals surface area contributed by atoms with E-state index in [2.05, 4.69) is 5.10 Å². The Kier molecular flexibility index (Phi) is 8.97. The van der Waals surface area contributed by atoms with Crippen LogP contribution in [0.2, 0.25) is 0 Å². The summed E-state index contributed by atoms with van der Waals surface area (Å²) in [7, 11) is 1.41. The molecule has 3 aromatic rings. The second kappa shape index (κ2) is 11.8. The Morgan fingerprint density at radius 3 is 2.37 bits per heavy atom. The van der Waals surface area contributed by atoms with Gasteiger partial charge in [0.05, 0.1) is 6.61 Å². The topological polar surface area (TPSA) is 84.6 Å². The maximum Gasteiger partial charge on any atom is 0.350 e. The molecule has 206 valence electrons. The molecule has 1 heterocycles. The molecule has 8 nitrogen and oxygen atoms in total. The Labute approximate surface area is 216 Å². The van der Waals surface area contributed by atoms with Crippen LogP contribution in [0.25, 0.3) is 5.69 Å². The van der Waals surface area contributed by atoms with E-state index >= 15 is 4.39 Å². The van der Waals surface area contributed by atoms with Crippen LogP contribution in [0.5, 0.6) is 5.75 Å². The van der Waals surface area contributed by atoms with Gasteiger partial charge in [0.1, 0.15) is 41.2 Å². The average Bonchev–Trinajstić information content (AvgIpc) is 3.15. The summed E-state index contributed by atoms with van der Waals surface area (Å²) < 4.78 is 72.9. The van der Waals surface area contributed by atoms with Gasteiger partial charge in [0.15, 0.2) is 11.9 Å². The maximum absolute atomic E-state index is 15.3. The summed E-state index contributed by atoms with van der Waals surface area (Å²) in [6, 6.07) is 10.8. The highest BCUT2D eigenvalue weighted by Crippen LogP contribution is 2.29. The molecule has 38 heavy (non-hydrogen) atoms. The third-order valence-corrected chi connectivity index (χ3v) is 5.33. The summed E-state index contributed by atoms with van der Waals surface area (Å²) >= 11 is 0. The van der Waals surface area contributed by atoms with Crippen molar-refractivity contribution in [3.8, 4) is 11.4 Å². The van der Waals surface area contributed by atoms with Gasteiger partial charge in [0.2, 0.25) is 0 Å². The molecule has 0 amide bonds. The summed E-state index contributed by atoms with van der Waals surface area (Å²) in [6.45, 7) is 4.95. The predicted octanol–water partition coefficient (Wildman–Crippen LogP) is 4.93. The Morgan fingerprint density at radius 2 is 1.79 bits per heavy atom. The number of benzene rings is 2. The molecular weight excluding hydrogens is 510 g/mol. The third-order valence-electron chi connectivity index (χ3n) is 5.33. The largest absolute Gasteiger partial charge is 0.481 e. The van der Waals surface area contributed by atoms with Crippen molar-refractivity contribution in [1.29, 1.82) is 0 Å². The zero-order valence-corrected chi connectivity index (χ0v) is 21.6. The summed E-state index contributed by atoms with van der Waals surface area (Å²) in [6.07, 6.45) is -6.17. The molecular formula is C26H29F4N3O5. The summed E-state index contributed by atoms with van der Waals surface area (Å²) in [5.41, 5.74) is -1.95. The molecule has 0 fully saturated rings. The number of alkyl halides is 3. The smallest absolute Gasteiger partial charge is 0.350 e. The molecule has 2 aromatic carbocycles. The summed E-state index contributed by atoms with van der Waals surface area (Å²) in [4.78, 5) is 25.6. The minimum Gasteiger partial charge on any atom is -0.481 e. The van der Waals surface area contributed by atoms with Gasteiger partial charge in [0.25, 0.3) is 6.43 Å². The van der Waals surface area contributed by atoms with E-state index in [1.165, 1.54) is 7.05 Å². The molecule has 3 rings (SSSR count). The minimum absolute atomic E-state index is 0.151. The van der Waals surface area contributed by atoms with Gasteiger partial charge >= 0.3 is 11.7 Å². The molecule has 12 heteroatoms. The molecule has 0 N–H and O–H groups in total. The van der Waals surface area contributed by atoms with Gasteiger partial charge in [-0.15, -0.1) is 5.10 Å². The molecule has 2 atom stereocenters. The zero-order chi connectivity index (χ0) is 28.2. The van der Waals surface area contributed by atoms with E-state index in [1.54, 1.807) is 27.7 Å². The highest BCUT2D eigenvalue weighted by Gasteiger charge is 2.29. The number of nitrogens with zero attached hydrogens (tertiary/aromatic N) is 3. The van der Waals surface area contributed by atoms with Crippen molar-refractivity contribution >= 4 is 5.97 Å². The van der Waals surface area contributed by atoms with E-state index in [9.17, 15) is 22.8 Å². The highest BCUT2D eigenvalue weighted by atomic mass is 19.3. The van der Waals surface area contributed by atoms with Crippen molar-refractivity contribution in [3.05, 3.63) is 75.7 Å². The zero-order valence-electron chi connectivity index (χ0n) is 21.6. The second-order valence-corrected chi connectivity index (χ2v) is 9.50. The number of hydrogen-bond donors (Lipinski definition) is 0. The van der Waals surface area contributed by atoms with Gasteiger partial charge in [-0.05, 0) is 39.3 Å². The number of aromatic nitrogens is 3. The van der Waals surface area contributed by atoms with Gasteiger partial charge in [-0.1, -0.05) is 30.3 Å². The van der Waals surface area contributed by atoms with Gasteiger partial charge in [-0.2, -0.15) is 4.68 Å². The quantitative estimate of drug-likeness (QED) is 0.269. The molecule has 0 saturated carbocycles. The van der Waals surface area contributed by atoms with Crippen LogP contribution >= 0.6 is 0 Å². The fraction of sp³-hybridized carbons (Fsp3) is 0.423. The number of esters is 1. The lowest BCUT2D eigenvalue weighted by molar-refractivity contribution is -0.00587. The number of halogens is 4. The van der Waals surface area contributed by atoms with E-state index in [4.69, 9.17) is 14.2 Å². The lowest BCUT2D eigenvalue weighted by atomic mass is 10.1. The second-order valence-electron chi connectivity index (χ2n) is 9.50. The van der Waals surface area contributed by atoms with Gasteiger partial charge < -0.3 is 14.2 Å². The van der Waals surface area contributed by atoms with Crippen molar-refractivity contribution in [2.75, 3.05) is 6.67 Å². The summed E-state index contributed by atoms with van der Waals surface area (Å²) in [5, 5.41) is 4.17. The molecule has 0 aliphatic rings. The Hall–Kier alpha value is -3.67. The minimum atomic E-state index is -3.24. The van der Waals surface area contributed by atoms with E-state index < -0.39 is 65.4 Å². The van der Waals surface area contributed by atoms with Crippen molar-refractivity contribution in [2.24, 2.45) is 7.05 Å². The SMILES string of the molecule is C[C@H](OCc1ccccc1)c1nn(-c2cc(O[C@@H](CF)C(F)F)c(C(=O)OC(C)(C)C)cc2F)c(=O)n1C. The van der Waals surface area contributed by atoms with Crippen molar-refractivity contribution in [3.63, 3.8) is 0 Å². The highest BCUT2D eigenvalue weighted by molar-refractivity contribution is 5.93. The number of rotatable bonds is 10. The Balaban J connectivity index is 2.02.